The molecule has 2 aromatic rings. The van der Waals surface area contributed by atoms with Crippen LogP contribution in [0.4, 0.5) is 0 Å². The molecule has 0 heterocycles. The van der Waals surface area contributed by atoms with Crippen molar-refractivity contribution >= 4 is 11.6 Å². The normalized spacial score (nSPS) is 17.2. The summed E-state index contributed by atoms with van der Waals surface area (Å²) in [6.07, 6.45) is 2.88. The first-order valence-electron chi connectivity index (χ1n) is 6.26. The van der Waals surface area contributed by atoms with Crippen LogP contribution in [0.25, 0.3) is 11.1 Å². The molecule has 0 bridgehead atoms. The van der Waals surface area contributed by atoms with Crippen molar-refractivity contribution in [2.45, 2.75) is 24.9 Å². The highest BCUT2D eigenvalue weighted by molar-refractivity contribution is 6.30. The number of hydrogen-bond acceptors (Lipinski definition) is 1. The van der Waals surface area contributed by atoms with Crippen LogP contribution < -0.4 is 0 Å². The summed E-state index contributed by atoms with van der Waals surface area (Å²) in [4.78, 5) is 0. The fourth-order valence-corrected chi connectivity index (χ4v) is 2.54. The summed E-state index contributed by atoms with van der Waals surface area (Å²) in [5, 5.41) is 11.0. The predicted molar refractivity (Wildman–Crippen MR) is 74.6 cm³/mol. The molecule has 0 aliphatic heterocycles. The molecule has 1 aliphatic carbocycles. The van der Waals surface area contributed by atoms with E-state index in [1.807, 2.05) is 36.4 Å². The first-order valence-corrected chi connectivity index (χ1v) is 6.64. The second-order valence-corrected chi connectivity index (χ2v) is 5.41. The van der Waals surface area contributed by atoms with Gasteiger partial charge in [-0.3, -0.25) is 0 Å². The van der Waals surface area contributed by atoms with Crippen molar-refractivity contribution in [2.75, 3.05) is 0 Å². The molecule has 18 heavy (non-hydrogen) atoms. The lowest BCUT2D eigenvalue weighted by molar-refractivity contribution is -0.0387. The average Bonchev–Trinajstić information content (AvgIpc) is 2.37. The number of halogens is 1. The van der Waals surface area contributed by atoms with Gasteiger partial charge in [-0.2, -0.15) is 0 Å². The van der Waals surface area contributed by atoms with E-state index in [0.29, 0.717) is 0 Å². The summed E-state index contributed by atoms with van der Waals surface area (Å²) in [7, 11) is 0. The molecule has 1 aliphatic rings. The fraction of sp³-hybridized carbons (Fsp3) is 0.250. The van der Waals surface area contributed by atoms with Gasteiger partial charge in [0.1, 0.15) is 0 Å². The number of benzene rings is 2. The summed E-state index contributed by atoms with van der Waals surface area (Å²) < 4.78 is 0. The van der Waals surface area contributed by atoms with Crippen molar-refractivity contribution < 1.29 is 5.11 Å². The summed E-state index contributed by atoms with van der Waals surface area (Å²) in [5.41, 5.74) is 2.76. The lowest BCUT2D eigenvalue weighted by Gasteiger charge is -2.37. The largest absolute Gasteiger partial charge is 0.385 e. The molecule has 92 valence electrons. The van der Waals surface area contributed by atoms with E-state index < -0.39 is 5.60 Å². The Morgan fingerprint density at radius 3 is 1.78 bits per heavy atom. The molecule has 2 heteroatoms. The Labute approximate surface area is 112 Å². The average molecular weight is 259 g/mol. The monoisotopic (exact) mass is 258 g/mol. The van der Waals surface area contributed by atoms with Crippen molar-refractivity contribution in [3.8, 4) is 11.1 Å². The highest BCUT2D eigenvalue weighted by Gasteiger charge is 2.35. The van der Waals surface area contributed by atoms with Crippen LogP contribution in [-0.2, 0) is 5.60 Å². The van der Waals surface area contributed by atoms with E-state index in [1.54, 1.807) is 0 Å². The standard InChI is InChI=1S/C16H15ClO/c17-15-8-4-13(5-9-15)12-2-6-14(7-3-12)16(18)10-1-11-16/h2-9,18H,1,10-11H2. The Bertz CT molecular complexity index is 538. The van der Waals surface area contributed by atoms with Crippen molar-refractivity contribution in [3.63, 3.8) is 0 Å². The summed E-state index contributed by atoms with van der Waals surface area (Å²) in [5.74, 6) is 0. The van der Waals surface area contributed by atoms with Crippen LogP contribution in [0.15, 0.2) is 48.5 Å². The predicted octanol–water partition coefficient (Wildman–Crippen LogP) is 4.38. The fourth-order valence-electron chi connectivity index (χ4n) is 2.42. The van der Waals surface area contributed by atoms with Gasteiger partial charge in [-0.25, -0.2) is 0 Å². The van der Waals surface area contributed by atoms with Gasteiger partial charge in [0.15, 0.2) is 0 Å². The van der Waals surface area contributed by atoms with Crippen LogP contribution in [0.3, 0.4) is 0 Å². The smallest absolute Gasteiger partial charge is 0.0896 e. The second kappa shape index (κ2) is 4.42. The van der Waals surface area contributed by atoms with Gasteiger partial charge in [-0.1, -0.05) is 48.0 Å². The zero-order valence-corrected chi connectivity index (χ0v) is 10.8. The molecule has 1 saturated carbocycles. The van der Waals surface area contributed by atoms with Crippen molar-refractivity contribution in [3.05, 3.63) is 59.1 Å². The van der Waals surface area contributed by atoms with E-state index in [9.17, 15) is 5.11 Å². The van der Waals surface area contributed by atoms with Crippen LogP contribution in [-0.4, -0.2) is 5.11 Å². The van der Waals surface area contributed by atoms with Gasteiger partial charge in [-0.05, 0) is 48.1 Å². The third-order valence-electron chi connectivity index (χ3n) is 3.78. The molecule has 3 rings (SSSR count). The molecule has 2 aromatic carbocycles. The maximum absolute atomic E-state index is 10.3. The van der Waals surface area contributed by atoms with Crippen molar-refractivity contribution in [1.82, 2.24) is 0 Å². The second-order valence-electron chi connectivity index (χ2n) is 4.97. The minimum atomic E-state index is -0.571. The topological polar surface area (TPSA) is 20.2 Å². The van der Waals surface area contributed by atoms with Crippen molar-refractivity contribution in [2.24, 2.45) is 0 Å². The third-order valence-corrected chi connectivity index (χ3v) is 4.03. The Kier molecular flexibility index (Phi) is 2.89. The van der Waals surface area contributed by atoms with E-state index in [2.05, 4.69) is 12.1 Å². The lowest BCUT2D eigenvalue weighted by atomic mass is 9.75. The highest BCUT2D eigenvalue weighted by atomic mass is 35.5. The van der Waals surface area contributed by atoms with Gasteiger partial charge >= 0.3 is 0 Å². The van der Waals surface area contributed by atoms with E-state index in [1.165, 1.54) is 0 Å². The molecule has 0 atom stereocenters. The zero-order valence-electron chi connectivity index (χ0n) is 10.1. The maximum Gasteiger partial charge on any atom is 0.0896 e. The molecule has 0 unspecified atom stereocenters. The van der Waals surface area contributed by atoms with Crippen LogP contribution in [0.2, 0.25) is 5.02 Å². The minimum Gasteiger partial charge on any atom is -0.385 e. The van der Waals surface area contributed by atoms with E-state index in [-0.39, 0.29) is 0 Å². The summed E-state index contributed by atoms with van der Waals surface area (Å²) in [6.45, 7) is 0. The highest BCUT2D eigenvalue weighted by Crippen LogP contribution is 2.41. The van der Waals surface area contributed by atoms with Crippen LogP contribution in [0.1, 0.15) is 24.8 Å². The number of aliphatic hydroxyl groups is 1. The van der Waals surface area contributed by atoms with Crippen LogP contribution in [0, 0.1) is 0 Å². The Hall–Kier alpha value is -1.31. The molecule has 1 fully saturated rings. The molecule has 0 amide bonds. The molecule has 1 nitrogen and oxygen atoms in total. The Morgan fingerprint density at radius 1 is 0.833 bits per heavy atom. The summed E-state index contributed by atoms with van der Waals surface area (Å²) in [6, 6.07) is 16.0. The van der Waals surface area contributed by atoms with Gasteiger partial charge in [0, 0.05) is 5.02 Å². The maximum atomic E-state index is 10.3. The molecule has 0 spiro atoms. The lowest BCUT2D eigenvalue weighted by Crippen LogP contribution is -2.33. The number of rotatable bonds is 2. The molecule has 0 aromatic heterocycles. The molecule has 1 N–H and O–H groups in total. The Balaban J connectivity index is 1.89. The first kappa shape index (κ1) is 11.8. The van der Waals surface area contributed by atoms with Crippen molar-refractivity contribution in [1.29, 1.82) is 0 Å². The molecular formula is C16H15ClO. The van der Waals surface area contributed by atoms with E-state index >= 15 is 0 Å². The minimum absolute atomic E-state index is 0.571. The van der Waals surface area contributed by atoms with E-state index in [0.717, 1.165) is 41.0 Å². The quantitative estimate of drug-likeness (QED) is 0.848. The molecular weight excluding hydrogens is 244 g/mol. The van der Waals surface area contributed by atoms with Crippen LogP contribution in [0.5, 0.6) is 0 Å². The molecule has 0 saturated heterocycles. The zero-order chi connectivity index (χ0) is 12.6. The Morgan fingerprint density at radius 2 is 1.33 bits per heavy atom. The van der Waals surface area contributed by atoms with Crippen LogP contribution >= 0.6 is 11.6 Å². The van der Waals surface area contributed by atoms with Gasteiger partial charge in [-0.15, -0.1) is 0 Å². The number of hydrogen-bond donors (Lipinski definition) is 1. The van der Waals surface area contributed by atoms with Gasteiger partial charge in [0.25, 0.3) is 0 Å². The van der Waals surface area contributed by atoms with Gasteiger partial charge < -0.3 is 5.11 Å². The first-order chi connectivity index (χ1) is 8.67. The third kappa shape index (κ3) is 2.05. The molecule has 0 radical (unpaired) electrons. The summed E-state index contributed by atoms with van der Waals surface area (Å²) >= 11 is 5.88. The van der Waals surface area contributed by atoms with Gasteiger partial charge in [0.05, 0.1) is 5.60 Å². The van der Waals surface area contributed by atoms with Gasteiger partial charge in [0.2, 0.25) is 0 Å². The van der Waals surface area contributed by atoms with E-state index in [4.69, 9.17) is 11.6 Å². The SMILES string of the molecule is OC1(c2ccc(-c3ccc(Cl)cc3)cc2)CCC1.